The number of hydrogen-bond acceptors (Lipinski definition) is 5. The van der Waals surface area contributed by atoms with E-state index in [0.29, 0.717) is 11.4 Å². The largest absolute Gasteiger partial charge is 0.495 e. The average molecular weight is 316 g/mol. The molecule has 1 aromatic rings. The maximum Gasteiger partial charge on any atom is 0.407 e. The van der Waals surface area contributed by atoms with E-state index in [1.165, 1.54) is 11.4 Å². The van der Waals surface area contributed by atoms with Gasteiger partial charge in [-0.2, -0.15) is 0 Å². The summed E-state index contributed by atoms with van der Waals surface area (Å²) in [6.45, 7) is 2.16. The molecule has 0 atom stereocenters. The van der Waals surface area contributed by atoms with Crippen molar-refractivity contribution in [2.24, 2.45) is 0 Å². The average Bonchev–Trinajstić information content (AvgIpc) is 2.42. The van der Waals surface area contributed by atoms with Crippen LogP contribution in [0.15, 0.2) is 24.3 Å². The highest BCUT2D eigenvalue weighted by molar-refractivity contribution is 7.92. The SMILES string of the molecule is CCOC(=O)NCCN(c1ccccc1OC)S(C)(=O)=O. The van der Waals surface area contributed by atoms with Crippen LogP contribution in [0.3, 0.4) is 0 Å². The van der Waals surface area contributed by atoms with Gasteiger partial charge in [0.05, 0.1) is 32.2 Å². The van der Waals surface area contributed by atoms with E-state index in [0.717, 1.165) is 6.26 Å². The van der Waals surface area contributed by atoms with Crippen LogP contribution in [0, 0.1) is 0 Å². The van der Waals surface area contributed by atoms with Gasteiger partial charge in [0, 0.05) is 6.54 Å². The number of benzene rings is 1. The normalized spacial score (nSPS) is 10.8. The van der Waals surface area contributed by atoms with Gasteiger partial charge >= 0.3 is 6.09 Å². The van der Waals surface area contributed by atoms with Crippen molar-refractivity contribution in [3.63, 3.8) is 0 Å². The van der Waals surface area contributed by atoms with Crippen LogP contribution in [0.1, 0.15) is 6.92 Å². The van der Waals surface area contributed by atoms with Crippen LogP contribution < -0.4 is 14.4 Å². The minimum Gasteiger partial charge on any atom is -0.495 e. The van der Waals surface area contributed by atoms with Crippen LogP contribution in [0.2, 0.25) is 0 Å². The Morgan fingerprint density at radius 1 is 1.33 bits per heavy atom. The summed E-state index contributed by atoms with van der Waals surface area (Å²) in [7, 11) is -2.03. The van der Waals surface area contributed by atoms with E-state index in [4.69, 9.17) is 9.47 Å². The molecule has 0 radical (unpaired) electrons. The first-order chi connectivity index (χ1) is 9.90. The number of anilines is 1. The molecule has 0 aliphatic heterocycles. The third-order valence-corrected chi connectivity index (χ3v) is 3.79. The third-order valence-electron chi connectivity index (χ3n) is 2.61. The van der Waals surface area contributed by atoms with Gasteiger partial charge in [0.25, 0.3) is 0 Å². The van der Waals surface area contributed by atoms with Crippen molar-refractivity contribution in [3.05, 3.63) is 24.3 Å². The minimum absolute atomic E-state index is 0.0814. The summed E-state index contributed by atoms with van der Waals surface area (Å²) in [4.78, 5) is 11.2. The van der Waals surface area contributed by atoms with E-state index in [1.54, 1.807) is 31.2 Å². The molecule has 1 aromatic carbocycles. The number of carbonyl (C=O) groups excluding carboxylic acids is 1. The quantitative estimate of drug-likeness (QED) is 0.817. The van der Waals surface area contributed by atoms with Crippen molar-refractivity contribution in [2.45, 2.75) is 6.92 Å². The van der Waals surface area contributed by atoms with E-state index in [9.17, 15) is 13.2 Å². The summed E-state index contributed by atoms with van der Waals surface area (Å²) < 4.78 is 34.9. The summed E-state index contributed by atoms with van der Waals surface area (Å²) in [6, 6.07) is 6.78. The molecule has 0 heterocycles. The fourth-order valence-corrected chi connectivity index (χ4v) is 2.67. The fourth-order valence-electron chi connectivity index (χ4n) is 1.74. The lowest BCUT2D eigenvalue weighted by Crippen LogP contribution is -2.38. The van der Waals surface area contributed by atoms with Crippen LogP contribution in [-0.4, -0.2) is 47.6 Å². The van der Waals surface area contributed by atoms with Gasteiger partial charge in [-0.15, -0.1) is 0 Å². The predicted octanol–water partition coefficient (Wildman–Crippen LogP) is 1.21. The Kier molecular flexibility index (Phi) is 6.29. The monoisotopic (exact) mass is 316 g/mol. The van der Waals surface area contributed by atoms with Crippen molar-refractivity contribution >= 4 is 21.8 Å². The van der Waals surface area contributed by atoms with Gasteiger partial charge in [-0.3, -0.25) is 4.31 Å². The zero-order valence-electron chi connectivity index (χ0n) is 12.3. The number of nitrogens with one attached hydrogen (secondary N) is 1. The Balaban J connectivity index is 2.85. The molecule has 0 spiro atoms. The number of nitrogens with zero attached hydrogens (tertiary/aromatic N) is 1. The number of methoxy groups -OCH3 is 1. The van der Waals surface area contributed by atoms with Gasteiger partial charge in [-0.05, 0) is 19.1 Å². The van der Waals surface area contributed by atoms with Gasteiger partial charge in [0.2, 0.25) is 10.0 Å². The molecular formula is C13H20N2O5S. The van der Waals surface area contributed by atoms with Crippen molar-refractivity contribution in [1.82, 2.24) is 5.32 Å². The Hall–Kier alpha value is -1.96. The molecule has 0 unspecified atom stereocenters. The summed E-state index contributed by atoms with van der Waals surface area (Å²) in [5.41, 5.74) is 0.424. The molecule has 0 bridgehead atoms. The summed E-state index contributed by atoms with van der Waals surface area (Å²) >= 11 is 0. The molecule has 7 nitrogen and oxygen atoms in total. The van der Waals surface area contributed by atoms with Gasteiger partial charge in [-0.1, -0.05) is 12.1 Å². The first-order valence-corrected chi connectivity index (χ1v) is 8.26. The smallest absolute Gasteiger partial charge is 0.407 e. The lowest BCUT2D eigenvalue weighted by molar-refractivity contribution is 0.152. The Morgan fingerprint density at radius 2 is 2.00 bits per heavy atom. The van der Waals surface area contributed by atoms with Crippen molar-refractivity contribution in [3.8, 4) is 5.75 Å². The number of rotatable bonds is 7. The topological polar surface area (TPSA) is 84.9 Å². The number of amides is 1. The van der Waals surface area contributed by atoms with Gasteiger partial charge in [0.15, 0.2) is 0 Å². The van der Waals surface area contributed by atoms with E-state index in [1.807, 2.05) is 0 Å². The van der Waals surface area contributed by atoms with E-state index in [-0.39, 0.29) is 19.7 Å². The van der Waals surface area contributed by atoms with E-state index in [2.05, 4.69) is 5.32 Å². The van der Waals surface area contributed by atoms with Gasteiger partial charge in [-0.25, -0.2) is 13.2 Å². The van der Waals surface area contributed by atoms with Crippen LogP contribution >= 0.6 is 0 Å². The number of para-hydroxylation sites is 2. The molecule has 0 aliphatic rings. The second-order valence-electron chi connectivity index (χ2n) is 4.15. The van der Waals surface area contributed by atoms with Crippen molar-refractivity contribution in [2.75, 3.05) is 37.4 Å². The maximum absolute atomic E-state index is 11.9. The molecule has 8 heteroatoms. The lowest BCUT2D eigenvalue weighted by atomic mass is 10.3. The first kappa shape index (κ1) is 17.1. The second kappa shape index (κ2) is 7.72. The van der Waals surface area contributed by atoms with Crippen LogP contribution in [0.4, 0.5) is 10.5 Å². The predicted molar refractivity (Wildman–Crippen MR) is 80.2 cm³/mol. The zero-order valence-corrected chi connectivity index (χ0v) is 13.1. The molecule has 1 rings (SSSR count). The van der Waals surface area contributed by atoms with E-state index < -0.39 is 16.1 Å². The number of carbonyl (C=O) groups is 1. The first-order valence-electron chi connectivity index (χ1n) is 6.41. The minimum atomic E-state index is -3.50. The molecule has 0 aliphatic carbocycles. The molecule has 21 heavy (non-hydrogen) atoms. The highest BCUT2D eigenvalue weighted by atomic mass is 32.2. The number of ether oxygens (including phenoxy) is 2. The fraction of sp³-hybridized carbons (Fsp3) is 0.462. The Morgan fingerprint density at radius 3 is 2.57 bits per heavy atom. The van der Waals surface area contributed by atoms with Crippen LogP contribution in [0.25, 0.3) is 0 Å². The number of sulfonamides is 1. The van der Waals surface area contributed by atoms with Crippen LogP contribution in [0.5, 0.6) is 5.75 Å². The van der Waals surface area contributed by atoms with Crippen molar-refractivity contribution < 1.29 is 22.7 Å². The highest BCUT2D eigenvalue weighted by Crippen LogP contribution is 2.28. The second-order valence-corrected chi connectivity index (χ2v) is 6.06. The maximum atomic E-state index is 11.9. The number of hydrogen-bond donors (Lipinski definition) is 1. The standard InChI is InChI=1S/C13H20N2O5S/c1-4-20-13(16)14-9-10-15(21(3,17)18)11-7-5-6-8-12(11)19-2/h5-8H,4,9-10H2,1-3H3,(H,14,16). The van der Waals surface area contributed by atoms with Gasteiger partial charge < -0.3 is 14.8 Å². The summed E-state index contributed by atoms with van der Waals surface area (Å²) in [5.74, 6) is 0.444. The Bertz CT molecular complexity index is 574. The van der Waals surface area contributed by atoms with Crippen molar-refractivity contribution in [1.29, 1.82) is 0 Å². The summed E-state index contributed by atoms with van der Waals surface area (Å²) in [6.07, 6.45) is 0.523. The lowest BCUT2D eigenvalue weighted by Gasteiger charge is -2.24. The summed E-state index contributed by atoms with van der Waals surface area (Å²) in [5, 5.41) is 2.49. The molecule has 0 aromatic heterocycles. The zero-order chi connectivity index (χ0) is 15.9. The van der Waals surface area contributed by atoms with Gasteiger partial charge in [0.1, 0.15) is 5.75 Å². The molecule has 0 fully saturated rings. The van der Waals surface area contributed by atoms with Crippen LogP contribution in [-0.2, 0) is 14.8 Å². The third kappa shape index (κ3) is 5.14. The Labute approximate surface area is 124 Å². The van der Waals surface area contributed by atoms with E-state index >= 15 is 0 Å². The molecular weight excluding hydrogens is 296 g/mol. The molecule has 1 N–H and O–H groups in total. The highest BCUT2D eigenvalue weighted by Gasteiger charge is 2.20. The number of alkyl carbamates (subject to hydrolysis) is 1. The molecule has 1 amide bonds. The molecule has 0 saturated carbocycles. The molecule has 118 valence electrons. The molecule has 0 saturated heterocycles.